The first-order valence-corrected chi connectivity index (χ1v) is 11.1. The number of anilines is 1. The number of halogens is 1. The summed E-state index contributed by atoms with van der Waals surface area (Å²) in [5.74, 6) is 0.472. The molecule has 7 heteroatoms. The Balaban J connectivity index is 1.77. The number of methoxy groups -OCH3 is 2. The summed E-state index contributed by atoms with van der Waals surface area (Å²) >= 11 is 6.13. The Labute approximate surface area is 194 Å². The number of ether oxygens (including phenoxy) is 2. The number of amides is 1. The van der Waals surface area contributed by atoms with Gasteiger partial charge in [0.05, 0.1) is 31.0 Å². The highest BCUT2D eigenvalue weighted by atomic mass is 35.5. The molecular formula is C25H28ClN3O3. The summed E-state index contributed by atoms with van der Waals surface area (Å²) in [6.07, 6.45) is 6.70. The van der Waals surface area contributed by atoms with E-state index in [0.717, 1.165) is 24.8 Å². The predicted molar refractivity (Wildman–Crippen MR) is 126 cm³/mol. The number of carbonyl (C=O) groups is 1. The number of hydrogen-bond donors (Lipinski definition) is 2. The molecule has 1 aliphatic carbocycles. The zero-order valence-electron chi connectivity index (χ0n) is 18.6. The molecule has 32 heavy (non-hydrogen) atoms. The maximum atomic E-state index is 12.8. The van der Waals surface area contributed by atoms with E-state index in [0.29, 0.717) is 22.2 Å². The molecule has 1 atom stereocenters. The third-order valence-electron chi connectivity index (χ3n) is 5.70. The van der Waals surface area contributed by atoms with Gasteiger partial charge in [0.25, 0.3) is 5.91 Å². The van der Waals surface area contributed by atoms with E-state index in [1.54, 1.807) is 12.1 Å². The second kappa shape index (κ2) is 10.9. The zero-order chi connectivity index (χ0) is 23.1. The van der Waals surface area contributed by atoms with Crippen molar-refractivity contribution in [2.45, 2.75) is 45.1 Å². The maximum absolute atomic E-state index is 12.8. The highest BCUT2D eigenvalue weighted by molar-refractivity contribution is 6.32. The van der Waals surface area contributed by atoms with E-state index in [4.69, 9.17) is 21.1 Å². The zero-order valence-corrected chi connectivity index (χ0v) is 19.4. The molecule has 0 bridgehead atoms. The van der Waals surface area contributed by atoms with E-state index < -0.39 is 5.91 Å². The van der Waals surface area contributed by atoms with Crippen LogP contribution >= 0.6 is 11.6 Å². The fourth-order valence-electron chi connectivity index (χ4n) is 3.90. The molecule has 3 rings (SSSR count). The third kappa shape index (κ3) is 5.35. The van der Waals surface area contributed by atoms with Crippen molar-refractivity contribution in [3.8, 4) is 17.6 Å². The van der Waals surface area contributed by atoms with Gasteiger partial charge in [-0.3, -0.25) is 4.79 Å². The fraction of sp³-hybridized carbons (Fsp3) is 0.360. The summed E-state index contributed by atoms with van der Waals surface area (Å²) in [7, 11) is 3.02. The molecule has 0 saturated heterocycles. The van der Waals surface area contributed by atoms with E-state index in [9.17, 15) is 10.1 Å². The standard InChI is InChI=1S/C25H28ClN3O3/c1-4-21(18-10-9-16-7-5-6-8-17(16)11-18)29-25(30)19(14-27)15-28-22-13-23(31-2)20(26)12-24(22)32-3/h9-13,15,21,28H,4-8H2,1-3H3,(H,29,30)/b19-15-. The minimum Gasteiger partial charge on any atom is -0.495 e. The molecule has 0 aromatic heterocycles. The first-order valence-electron chi connectivity index (χ1n) is 10.7. The van der Waals surface area contributed by atoms with Crippen LogP contribution in [0.3, 0.4) is 0 Å². The normalized spacial score (nSPS) is 14.0. The van der Waals surface area contributed by atoms with Gasteiger partial charge in [-0.15, -0.1) is 0 Å². The number of nitrogens with one attached hydrogen (secondary N) is 2. The summed E-state index contributed by atoms with van der Waals surface area (Å²) in [5.41, 5.74) is 4.31. The topological polar surface area (TPSA) is 83.4 Å². The number of rotatable bonds is 8. The van der Waals surface area contributed by atoms with Gasteiger partial charge in [0.15, 0.2) is 0 Å². The van der Waals surface area contributed by atoms with Gasteiger partial charge in [0.2, 0.25) is 0 Å². The molecular weight excluding hydrogens is 426 g/mol. The van der Waals surface area contributed by atoms with Crippen LogP contribution in [0.1, 0.15) is 48.9 Å². The van der Waals surface area contributed by atoms with E-state index in [2.05, 4.69) is 28.8 Å². The fourth-order valence-corrected chi connectivity index (χ4v) is 4.13. The molecule has 1 aliphatic rings. The first-order chi connectivity index (χ1) is 15.5. The van der Waals surface area contributed by atoms with Crippen LogP contribution in [0.5, 0.6) is 11.5 Å². The number of aryl methyl sites for hydroxylation is 2. The Bertz CT molecular complexity index is 1060. The van der Waals surface area contributed by atoms with Crippen molar-refractivity contribution in [1.82, 2.24) is 5.32 Å². The lowest BCUT2D eigenvalue weighted by atomic mass is 9.88. The Morgan fingerprint density at radius 3 is 2.53 bits per heavy atom. The summed E-state index contributed by atoms with van der Waals surface area (Å²) in [4.78, 5) is 12.8. The van der Waals surface area contributed by atoms with Crippen LogP contribution in [0.15, 0.2) is 42.1 Å². The van der Waals surface area contributed by atoms with E-state index in [-0.39, 0.29) is 11.6 Å². The Hall–Kier alpha value is -3.17. The Kier molecular flexibility index (Phi) is 8.02. The molecule has 168 valence electrons. The van der Waals surface area contributed by atoms with Gasteiger partial charge in [-0.25, -0.2) is 0 Å². The minimum absolute atomic E-state index is 0.0441. The van der Waals surface area contributed by atoms with Crippen LogP contribution in [-0.4, -0.2) is 20.1 Å². The Morgan fingerprint density at radius 2 is 1.88 bits per heavy atom. The van der Waals surface area contributed by atoms with Crippen molar-refractivity contribution in [3.63, 3.8) is 0 Å². The lowest BCUT2D eigenvalue weighted by Crippen LogP contribution is -2.29. The summed E-state index contributed by atoms with van der Waals surface area (Å²) in [5, 5.41) is 15.9. The number of fused-ring (bicyclic) bond motifs is 1. The van der Waals surface area contributed by atoms with Gasteiger partial charge >= 0.3 is 0 Å². The second-order valence-electron chi connectivity index (χ2n) is 7.67. The smallest absolute Gasteiger partial charge is 0.263 e. The average molecular weight is 454 g/mol. The van der Waals surface area contributed by atoms with E-state index in [1.807, 2.05) is 13.0 Å². The molecule has 0 fully saturated rings. The molecule has 1 unspecified atom stereocenters. The number of benzene rings is 2. The van der Waals surface area contributed by atoms with Gasteiger partial charge in [0.1, 0.15) is 23.1 Å². The van der Waals surface area contributed by atoms with Crippen LogP contribution in [0.2, 0.25) is 5.02 Å². The van der Waals surface area contributed by atoms with Gasteiger partial charge in [-0.1, -0.05) is 36.7 Å². The number of nitriles is 1. The van der Waals surface area contributed by atoms with E-state index in [1.165, 1.54) is 44.4 Å². The van der Waals surface area contributed by atoms with Crippen LogP contribution < -0.4 is 20.1 Å². The van der Waals surface area contributed by atoms with Crippen molar-refractivity contribution in [2.24, 2.45) is 0 Å². The molecule has 2 aromatic rings. The second-order valence-corrected chi connectivity index (χ2v) is 8.08. The van der Waals surface area contributed by atoms with Gasteiger partial charge in [0, 0.05) is 18.3 Å². The van der Waals surface area contributed by atoms with Crippen LogP contribution in [0, 0.1) is 11.3 Å². The highest BCUT2D eigenvalue weighted by Gasteiger charge is 2.19. The minimum atomic E-state index is -0.440. The number of carbonyl (C=O) groups excluding carboxylic acids is 1. The lowest BCUT2D eigenvalue weighted by Gasteiger charge is -2.21. The lowest BCUT2D eigenvalue weighted by molar-refractivity contribution is -0.117. The molecule has 0 heterocycles. The van der Waals surface area contributed by atoms with Crippen molar-refractivity contribution < 1.29 is 14.3 Å². The highest BCUT2D eigenvalue weighted by Crippen LogP contribution is 2.36. The summed E-state index contributed by atoms with van der Waals surface area (Å²) in [6.45, 7) is 2.02. The quantitative estimate of drug-likeness (QED) is 0.417. The van der Waals surface area contributed by atoms with Crippen LogP contribution in [0.4, 0.5) is 5.69 Å². The predicted octanol–water partition coefficient (Wildman–Crippen LogP) is 5.32. The average Bonchev–Trinajstić information content (AvgIpc) is 2.82. The van der Waals surface area contributed by atoms with Gasteiger partial charge in [-0.05, 0) is 48.8 Å². The van der Waals surface area contributed by atoms with Crippen LogP contribution in [-0.2, 0) is 17.6 Å². The third-order valence-corrected chi connectivity index (χ3v) is 5.99. The van der Waals surface area contributed by atoms with E-state index >= 15 is 0 Å². The molecule has 6 nitrogen and oxygen atoms in total. The molecule has 0 spiro atoms. The number of nitrogens with zero attached hydrogens (tertiary/aromatic N) is 1. The monoisotopic (exact) mass is 453 g/mol. The number of hydrogen-bond acceptors (Lipinski definition) is 5. The van der Waals surface area contributed by atoms with Crippen molar-refractivity contribution in [1.29, 1.82) is 5.26 Å². The first kappa shape index (κ1) is 23.5. The maximum Gasteiger partial charge on any atom is 0.263 e. The SMILES string of the molecule is CCC(NC(=O)/C(C#N)=C\Nc1cc(OC)c(Cl)cc1OC)c1ccc2c(c1)CCCC2. The largest absolute Gasteiger partial charge is 0.495 e. The molecule has 2 aromatic carbocycles. The summed E-state index contributed by atoms with van der Waals surface area (Å²) < 4.78 is 10.6. The molecule has 0 radical (unpaired) electrons. The molecule has 0 aliphatic heterocycles. The van der Waals surface area contributed by atoms with Crippen LogP contribution in [0.25, 0.3) is 0 Å². The van der Waals surface area contributed by atoms with Crippen molar-refractivity contribution >= 4 is 23.2 Å². The summed E-state index contributed by atoms with van der Waals surface area (Å²) in [6, 6.07) is 11.5. The molecule has 0 saturated carbocycles. The van der Waals surface area contributed by atoms with Gasteiger partial charge in [-0.2, -0.15) is 5.26 Å². The van der Waals surface area contributed by atoms with Crippen molar-refractivity contribution in [2.75, 3.05) is 19.5 Å². The Morgan fingerprint density at radius 1 is 1.16 bits per heavy atom. The molecule has 2 N–H and O–H groups in total. The molecule has 1 amide bonds. The van der Waals surface area contributed by atoms with Crippen molar-refractivity contribution in [3.05, 3.63) is 63.8 Å². The van der Waals surface area contributed by atoms with Gasteiger partial charge < -0.3 is 20.1 Å².